The number of hydrogen-bond acceptors (Lipinski definition) is 4. The Labute approximate surface area is 68.5 Å². The van der Waals surface area contributed by atoms with Crippen molar-refractivity contribution in [2.24, 2.45) is 7.05 Å². The van der Waals surface area contributed by atoms with Crippen LogP contribution in [-0.4, -0.2) is 29.4 Å². The van der Waals surface area contributed by atoms with Gasteiger partial charge in [-0.15, -0.1) is 5.10 Å². The minimum atomic E-state index is -3.38. The summed E-state index contributed by atoms with van der Waals surface area (Å²) >= 11 is 0. The van der Waals surface area contributed by atoms with Gasteiger partial charge in [0.2, 0.25) is 16.0 Å². The molecule has 68 valence electrons. The molecule has 0 amide bonds. The Morgan fingerprint density at radius 1 is 1.58 bits per heavy atom. The van der Waals surface area contributed by atoms with E-state index in [1.54, 1.807) is 0 Å². The van der Waals surface area contributed by atoms with Gasteiger partial charge in [0.25, 0.3) is 0 Å². The summed E-state index contributed by atoms with van der Waals surface area (Å²) in [5, 5.41) is 5.53. The highest BCUT2D eigenvalue weighted by Gasteiger charge is 2.07. The van der Waals surface area contributed by atoms with Crippen LogP contribution in [0.5, 0.6) is 0 Å². The van der Waals surface area contributed by atoms with Gasteiger partial charge in [0.15, 0.2) is 0 Å². The summed E-state index contributed by atoms with van der Waals surface area (Å²) in [5.74, 6) is -0.0255. The first-order valence-electron chi connectivity index (χ1n) is 2.99. The summed E-state index contributed by atoms with van der Waals surface area (Å²) < 4.78 is 24.5. The van der Waals surface area contributed by atoms with Crippen LogP contribution in [0.2, 0.25) is 0 Å². The van der Waals surface area contributed by atoms with Crippen molar-refractivity contribution < 1.29 is 8.42 Å². The van der Waals surface area contributed by atoms with E-state index in [2.05, 4.69) is 14.9 Å². The lowest BCUT2D eigenvalue weighted by Crippen LogP contribution is -2.18. The maximum Gasteiger partial charge on any atom is 0.344 e. The minimum absolute atomic E-state index is 0.0255. The first-order valence-corrected chi connectivity index (χ1v) is 4.88. The molecular weight excluding hydrogens is 184 g/mol. The van der Waals surface area contributed by atoms with Crippen LogP contribution in [0.25, 0.3) is 0 Å². The van der Waals surface area contributed by atoms with Gasteiger partial charge >= 0.3 is 5.69 Å². The van der Waals surface area contributed by atoms with Crippen molar-refractivity contribution in [1.82, 2.24) is 14.8 Å². The number of hydrogen-bond donors (Lipinski definition) is 2. The van der Waals surface area contributed by atoms with Crippen LogP contribution in [-0.2, 0) is 17.1 Å². The van der Waals surface area contributed by atoms with Crippen LogP contribution in [0.15, 0.2) is 4.79 Å². The normalized spacial score (nSPS) is 11.5. The van der Waals surface area contributed by atoms with E-state index in [1.807, 2.05) is 0 Å². The molecule has 0 saturated carbocycles. The third kappa shape index (κ3) is 1.84. The van der Waals surface area contributed by atoms with Crippen molar-refractivity contribution in [3.05, 3.63) is 10.5 Å². The van der Waals surface area contributed by atoms with Crippen molar-refractivity contribution in [2.45, 2.75) is 0 Å². The van der Waals surface area contributed by atoms with Gasteiger partial charge in [-0.25, -0.2) is 18.3 Å². The molecule has 2 N–H and O–H groups in total. The van der Waals surface area contributed by atoms with Crippen molar-refractivity contribution in [3.63, 3.8) is 0 Å². The van der Waals surface area contributed by atoms with Crippen molar-refractivity contribution >= 4 is 16.0 Å². The summed E-state index contributed by atoms with van der Waals surface area (Å²) in [5.41, 5.74) is -0.471. The predicted molar refractivity (Wildman–Crippen MR) is 42.3 cm³/mol. The van der Waals surface area contributed by atoms with Gasteiger partial charge < -0.3 is 0 Å². The molecule has 0 spiro atoms. The zero-order valence-electron chi connectivity index (χ0n) is 6.53. The highest BCUT2D eigenvalue weighted by atomic mass is 32.2. The summed E-state index contributed by atoms with van der Waals surface area (Å²) in [4.78, 5) is 10.7. The lowest BCUT2D eigenvalue weighted by molar-refractivity contribution is 0.606. The van der Waals surface area contributed by atoms with E-state index in [9.17, 15) is 13.2 Å². The Balaban J connectivity index is 3.07. The molecule has 0 atom stereocenters. The Morgan fingerprint density at radius 2 is 2.17 bits per heavy atom. The first kappa shape index (κ1) is 8.78. The number of sulfonamides is 1. The highest BCUT2D eigenvalue weighted by Crippen LogP contribution is 1.96. The average Bonchev–Trinajstić information content (AvgIpc) is 2.16. The van der Waals surface area contributed by atoms with Crippen molar-refractivity contribution in [2.75, 3.05) is 11.0 Å². The van der Waals surface area contributed by atoms with Crippen LogP contribution >= 0.6 is 0 Å². The minimum Gasteiger partial charge on any atom is -0.264 e. The largest absolute Gasteiger partial charge is 0.344 e. The fourth-order valence-corrected chi connectivity index (χ4v) is 1.12. The average molecular weight is 192 g/mol. The molecule has 0 aliphatic heterocycles. The molecule has 1 rings (SSSR count). The number of aromatic amines is 1. The second-order valence-corrected chi connectivity index (χ2v) is 4.03. The topological polar surface area (TPSA) is 96.8 Å². The van der Waals surface area contributed by atoms with Crippen LogP contribution < -0.4 is 10.4 Å². The zero-order valence-corrected chi connectivity index (χ0v) is 7.34. The number of nitrogens with zero attached hydrogens (tertiary/aromatic N) is 2. The Morgan fingerprint density at radius 3 is 2.50 bits per heavy atom. The molecule has 8 heteroatoms. The number of anilines is 1. The molecule has 0 fully saturated rings. The fraction of sp³-hybridized carbons (Fsp3) is 0.500. The number of rotatable bonds is 2. The number of H-pyrrole nitrogens is 1. The van der Waals surface area contributed by atoms with Gasteiger partial charge in [-0.1, -0.05) is 0 Å². The predicted octanol–water partition coefficient (Wildman–Crippen LogP) is -1.52. The number of nitrogens with one attached hydrogen (secondary N) is 2. The van der Waals surface area contributed by atoms with E-state index < -0.39 is 15.7 Å². The van der Waals surface area contributed by atoms with Gasteiger partial charge in [-0.3, -0.25) is 9.29 Å². The summed E-state index contributed by atoms with van der Waals surface area (Å²) in [6.45, 7) is 0. The van der Waals surface area contributed by atoms with E-state index in [0.717, 1.165) is 10.8 Å². The maximum atomic E-state index is 10.7. The summed E-state index contributed by atoms with van der Waals surface area (Å²) in [6, 6.07) is 0. The molecule has 0 aliphatic carbocycles. The van der Waals surface area contributed by atoms with Crippen LogP contribution in [0.4, 0.5) is 5.95 Å². The van der Waals surface area contributed by atoms with E-state index in [0.29, 0.717) is 0 Å². The van der Waals surface area contributed by atoms with E-state index in [1.165, 1.54) is 7.05 Å². The Hall–Kier alpha value is -1.31. The van der Waals surface area contributed by atoms with E-state index in [4.69, 9.17) is 0 Å². The quantitative estimate of drug-likeness (QED) is 0.594. The van der Waals surface area contributed by atoms with Crippen molar-refractivity contribution in [1.29, 1.82) is 0 Å². The standard InChI is InChI=1S/C4H8N4O3S/c1-8-3(5-6-4(8)9)7-12(2,10)11/h1-2H3,(H,5,7)(H,6,9). The van der Waals surface area contributed by atoms with Crippen LogP contribution in [0.3, 0.4) is 0 Å². The van der Waals surface area contributed by atoms with Crippen molar-refractivity contribution in [3.8, 4) is 0 Å². The van der Waals surface area contributed by atoms with Gasteiger partial charge in [0.1, 0.15) is 0 Å². The monoisotopic (exact) mass is 192 g/mol. The molecule has 0 aliphatic rings. The van der Waals surface area contributed by atoms with E-state index in [-0.39, 0.29) is 5.95 Å². The second kappa shape index (κ2) is 2.63. The molecule has 1 heterocycles. The molecule has 0 bridgehead atoms. The van der Waals surface area contributed by atoms with Gasteiger partial charge in [-0.05, 0) is 0 Å². The molecule has 0 unspecified atom stereocenters. The molecule has 1 aromatic rings. The molecular formula is C4H8N4O3S. The molecule has 12 heavy (non-hydrogen) atoms. The van der Waals surface area contributed by atoms with Crippen LogP contribution in [0, 0.1) is 0 Å². The Bertz CT molecular complexity index is 427. The van der Waals surface area contributed by atoms with Crippen LogP contribution in [0.1, 0.15) is 0 Å². The second-order valence-electron chi connectivity index (χ2n) is 2.29. The molecule has 0 saturated heterocycles. The third-order valence-electron chi connectivity index (χ3n) is 1.16. The maximum absolute atomic E-state index is 10.7. The fourth-order valence-electron chi connectivity index (χ4n) is 0.604. The first-order chi connectivity index (χ1) is 5.40. The van der Waals surface area contributed by atoms with E-state index >= 15 is 0 Å². The van der Waals surface area contributed by atoms with Gasteiger partial charge in [-0.2, -0.15) is 0 Å². The number of aromatic nitrogens is 3. The SMILES string of the molecule is Cn1c(NS(C)(=O)=O)n[nH]c1=O. The lowest BCUT2D eigenvalue weighted by atomic mass is 11.0. The smallest absolute Gasteiger partial charge is 0.264 e. The lowest BCUT2D eigenvalue weighted by Gasteiger charge is -1.99. The summed E-state index contributed by atoms with van der Waals surface area (Å²) in [7, 11) is -1.98. The molecule has 0 radical (unpaired) electrons. The molecule has 0 aromatic carbocycles. The zero-order chi connectivity index (χ0) is 9.35. The van der Waals surface area contributed by atoms with Gasteiger partial charge in [0, 0.05) is 7.05 Å². The Kier molecular flexibility index (Phi) is 1.92. The highest BCUT2D eigenvalue weighted by molar-refractivity contribution is 7.91. The molecule has 7 nitrogen and oxygen atoms in total. The third-order valence-corrected chi connectivity index (χ3v) is 1.71. The molecule has 1 aromatic heterocycles. The van der Waals surface area contributed by atoms with Gasteiger partial charge in [0.05, 0.1) is 6.26 Å². The summed E-state index contributed by atoms with van der Waals surface area (Å²) in [6.07, 6.45) is 0.978.